The molecule has 0 bridgehead atoms. The SMILES string of the molecule is CC(C)N(C(=O)CSc1ccc(C(=O)O)cc1)C(C)C. The second kappa shape index (κ2) is 7.33. The lowest BCUT2D eigenvalue weighted by Crippen LogP contribution is -2.43. The number of carbonyl (C=O) groups excluding carboxylic acids is 1. The summed E-state index contributed by atoms with van der Waals surface area (Å²) in [5, 5.41) is 8.82. The van der Waals surface area contributed by atoms with Gasteiger partial charge in [-0.25, -0.2) is 4.79 Å². The fourth-order valence-electron chi connectivity index (χ4n) is 2.09. The molecule has 1 aromatic carbocycles. The van der Waals surface area contributed by atoms with E-state index in [4.69, 9.17) is 5.11 Å². The largest absolute Gasteiger partial charge is 0.478 e. The van der Waals surface area contributed by atoms with Gasteiger partial charge in [-0.1, -0.05) is 0 Å². The molecular weight excluding hydrogens is 274 g/mol. The van der Waals surface area contributed by atoms with Gasteiger partial charge >= 0.3 is 5.97 Å². The average Bonchev–Trinajstić information content (AvgIpc) is 2.36. The van der Waals surface area contributed by atoms with Crippen LogP contribution < -0.4 is 0 Å². The van der Waals surface area contributed by atoms with E-state index < -0.39 is 5.97 Å². The predicted molar refractivity (Wildman–Crippen MR) is 81.2 cm³/mol. The van der Waals surface area contributed by atoms with E-state index in [1.54, 1.807) is 24.3 Å². The fourth-order valence-corrected chi connectivity index (χ4v) is 2.85. The molecule has 1 rings (SSSR count). The van der Waals surface area contributed by atoms with Crippen molar-refractivity contribution in [3.8, 4) is 0 Å². The smallest absolute Gasteiger partial charge is 0.335 e. The fraction of sp³-hybridized carbons (Fsp3) is 0.467. The normalized spacial score (nSPS) is 10.9. The monoisotopic (exact) mass is 295 g/mol. The number of carboxylic acids is 1. The summed E-state index contributed by atoms with van der Waals surface area (Å²) in [7, 11) is 0. The molecule has 110 valence electrons. The molecule has 0 radical (unpaired) electrons. The first kappa shape index (κ1) is 16.6. The number of benzene rings is 1. The van der Waals surface area contributed by atoms with Crippen molar-refractivity contribution in [2.75, 3.05) is 5.75 Å². The van der Waals surface area contributed by atoms with Gasteiger partial charge in [0.1, 0.15) is 0 Å². The molecule has 0 aliphatic carbocycles. The molecule has 0 saturated heterocycles. The Morgan fingerprint density at radius 3 is 2.00 bits per heavy atom. The van der Waals surface area contributed by atoms with Crippen LogP contribution in [0.15, 0.2) is 29.2 Å². The molecule has 1 amide bonds. The molecule has 0 atom stereocenters. The zero-order valence-electron chi connectivity index (χ0n) is 12.3. The maximum atomic E-state index is 12.2. The average molecular weight is 295 g/mol. The summed E-state index contributed by atoms with van der Waals surface area (Å²) in [5.74, 6) is -0.478. The van der Waals surface area contributed by atoms with Crippen LogP contribution in [-0.2, 0) is 4.79 Å². The number of amides is 1. The van der Waals surface area contributed by atoms with E-state index in [2.05, 4.69) is 0 Å². The summed E-state index contributed by atoms with van der Waals surface area (Å²) in [5.41, 5.74) is 0.256. The second-order valence-electron chi connectivity index (χ2n) is 5.11. The number of hydrogen-bond acceptors (Lipinski definition) is 3. The van der Waals surface area contributed by atoms with Crippen LogP contribution in [0.2, 0.25) is 0 Å². The third kappa shape index (κ3) is 4.56. The first-order chi connectivity index (χ1) is 9.32. The zero-order valence-corrected chi connectivity index (χ0v) is 13.1. The lowest BCUT2D eigenvalue weighted by Gasteiger charge is -2.30. The van der Waals surface area contributed by atoms with Crippen LogP contribution in [0.1, 0.15) is 38.1 Å². The summed E-state index contributed by atoms with van der Waals surface area (Å²) < 4.78 is 0. The Labute approximate surface area is 124 Å². The lowest BCUT2D eigenvalue weighted by molar-refractivity contribution is -0.131. The van der Waals surface area contributed by atoms with Gasteiger partial charge in [0.25, 0.3) is 0 Å². The predicted octanol–water partition coefficient (Wildman–Crippen LogP) is 3.12. The van der Waals surface area contributed by atoms with Crippen molar-refractivity contribution in [3.63, 3.8) is 0 Å². The van der Waals surface area contributed by atoms with Crippen molar-refractivity contribution >= 4 is 23.6 Å². The number of thioether (sulfide) groups is 1. The Morgan fingerprint density at radius 1 is 1.10 bits per heavy atom. The lowest BCUT2D eigenvalue weighted by atomic mass is 10.2. The molecule has 20 heavy (non-hydrogen) atoms. The zero-order chi connectivity index (χ0) is 15.3. The van der Waals surface area contributed by atoms with Crippen molar-refractivity contribution in [2.45, 2.75) is 44.7 Å². The summed E-state index contributed by atoms with van der Waals surface area (Å²) >= 11 is 1.43. The molecule has 1 aromatic rings. The molecule has 0 saturated carbocycles. The quantitative estimate of drug-likeness (QED) is 0.819. The Balaban J connectivity index is 2.62. The maximum absolute atomic E-state index is 12.2. The molecule has 0 heterocycles. The van der Waals surface area contributed by atoms with E-state index in [0.29, 0.717) is 5.75 Å². The van der Waals surface area contributed by atoms with Crippen LogP contribution in [0.25, 0.3) is 0 Å². The summed E-state index contributed by atoms with van der Waals surface area (Å²) in [6.07, 6.45) is 0. The number of rotatable bonds is 6. The highest BCUT2D eigenvalue weighted by Gasteiger charge is 2.19. The molecule has 1 N–H and O–H groups in total. The Kier molecular flexibility index (Phi) is 6.07. The molecule has 5 heteroatoms. The topological polar surface area (TPSA) is 57.6 Å². The third-order valence-electron chi connectivity index (χ3n) is 2.86. The Morgan fingerprint density at radius 2 is 1.60 bits per heavy atom. The Hall–Kier alpha value is -1.49. The minimum Gasteiger partial charge on any atom is -0.478 e. The van der Waals surface area contributed by atoms with Crippen molar-refractivity contribution in [2.24, 2.45) is 0 Å². The number of carboxylic acid groups (broad SMARTS) is 1. The van der Waals surface area contributed by atoms with Crippen molar-refractivity contribution in [1.82, 2.24) is 4.90 Å². The van der Waals surface area contributed by atoms with E-state index in [-0.39, 0.29) is 23.6 Å². The van der Waals surface area contributed by atoms with Gasteiger partial charge in [0.2, 0.25) is 5.91 Å². The molecule has 0 spiro atoms. The molecule has 0 unspecified atom stereocenters. The standard InChI is InChI=1S/C15H21NO3S/c1-10(2)16(11(3)4)14(17)9-20-13-7-5-12(6-8-13)15(18)19/h5-8,10-11H,9H2,1-4H3,(H,18,19). The third-order valence-corrected chi connectivity index (χ3v) is 3.86. The van der Waals surface area contributed by atoms with Crippen LogP contribution in [0, 0.1) is 0 Å². The first-order valence-corrected chi connectivity index (χ1v) is 7.58. The number of aromatic carboxylic acids is 1. The minimum atomic E-state index is -0.941. The summed E-state index contributed by atoms with van der Waals surface area (Å²) in [6.45, 7) is 8.02. The molecule has 0 aromatic heterocycles. The van der Waals surface area contributed by atoms with E-state index in [0.717, 1.165) is 4.90 Å². The van der Waals surface area contributed by atoms with Crippen LogP contribution in [-0.4, -0.2) is 39.7 Å². The van der Waals surface area contributed by atoms with Crippen molar-refractivity contribution in [3.05, 3.63) is 29.8 Å². The highest BCUT2D eigenvalue weighted by molar-refractivity contribution is 8.00. The van der Waals surface area contributed by atoms with Gasteiger partial charge in [0.15, 0.2) is 0 Å². The molecule has 0 fully saturated rings. The van der Waals surface area contributed by atoms with Crippen LogP contribution in [0.3, 0.4) is 0 Å². The Bertz CT molecular complexity index is 461. The van der Waals surface area contributed by atoms with E-state index in [1.165, 1.54) is 11.8 Å². The molecule has 0 aliphatic heterocycles. The molecule has 4 nitrogen and oxygen atoms in total. The van der Waals surface area contributed by atoms with Gasteiger partial charge in [-0.15, -0.1) is 11.8 Å². The molecular formula is C15H21NO3S. The highest BCUT2D eigenvalue weighted by atomic mass is 32.2. The van der Waals surface area contributed by atoms with Gasteiger partial charge in [-0.05, 0) is 52.0 Å². The summed E-state index contributed by atoms with van der Waals surface area (Å²) in [4.78, 5) is 25.7. The van der Waals surface area contributed by atoms with Crippen LogP contribution in [0.4, 0.5) is 0 Å². The van der Waals surface area contributed by atoms with Gasteiger partial charge in [-0.3, -0.25) is 4.79 Å². The van der Waals surface area contributed by atoms with E-state index >= 15 is 0 Å². The number of carbonyl (C=O) groups is 2. The maximum Gasteiger partial charge on any atom is 0.335 e. The summed E-state index contributed by atoms with van der Waals surface area (Å²) in [6, 6.07) is 6.93. The van der Waals surface area contributed by atoms with Crippen molar-refractivity contribution < 1.29 is 14.7 Å². The number of hydrogen-bond donors (Lipinski definition) is 1. The van der Waals surface area contributed by atoms with E-state index in [1.807, 2.05) is 32.6 Å². The second-order valence-corrected chi connectivity index (χ2v) is 6.16. The van der Waals surface area contributed by atoms with Crippen LogP contribution >= 0.6 is 11.8 Å². The number of nitrogens with zero attached hydrogens (tertiary/aromatic N) is 1. The molecule has 0 aliphatic rings. The van der Waals surface area contributed by atoms with Gasteiger partial charge in [-0.2, -0.15) is 0 Å². The minimum absolute atomic E-state index is 0.0994. The van der Waals surface area contributed by atoms with Crippen LogP contribution in [0.5, 0.6) is 0 Å². The van der Waals surface area contributed by atoms with E-state index in [9.17, 15) is 9.59 Å². The van der Waals surface area contributed by atoms with Gasteiger partial charge in [0, 0.05) is 17.0 Å². The van der Waals surface area contributed by atoms with Crippen molar-refractivity contribution in [1.29, 1.82) is 0 Å². The van der Waals surface area contributed by atoms with Gasteiger partial charge in [0.05, 0.1) is 11.3 Å². The van der Waals surface area contributed by atoms with Gasteiger partial charge < -0.3 is 10.0 Å². The highest BCUT2D eigenvalue weighted by Crippen LogP contribution is 2.20. The first-order valence-electron chi connectivity index (χ1n) is 6.60.